The van der Waals surface area contributed by atoms with Crippen LogP contribution < -0.4 is 5.32 Å². The van der Waals surface area contributed by atoms with Crippen LogP contribution in [0.5, 0.6) is 0 Å². The number of likely N-dealkylation sites (tertiary alicyclic amines) is 1. The van der Waals surface area contributed by atoms with E-state index in [1.165, 1.54) is 4.90 Å². The Morgan fingerprint density at radius 1 is 1.10 bits per heavy atom. The molecule has 5 rings (SSSR count). The molecule has 0 radical (unpaired) electrons. The van der Waals surface area contributed by atoms with Gasteiger partial charge in [-0.15, -0.1) is 13.2 Å². The largest absolute Gasteiger partial charge is 0.463 e. The number of ether oxygens (including phenoxy) is 2. The lowest BCUT2D eigenvalue weighted by atomic mass is 9.70. The molecule has 1 unspecified atom stereocenters. The lowest BCUT2D eigenvalue weighted by molar-refractivity contribution is -0.154. The van der Waals surface area contributed by atoms with Gasteiger partial charge in [-0.25, -0.2) is 0 Å². The Morgan fingerprint density at radius 2 is 1.73 bits per heavy atom. The topological polar surface area (TPSA) is 125 Å². The van der Waals surface area contributed by atoms with Crippen molar-refractivity contribution in [1.82, 2.24) is 15.1 Å². The highest BCUT2D eigenvalue weighted by molar-refractivity contribution is 9.09. The third-order valence-corrected chi connectivity index (χ3v) is 10.7. The van der Waals surface area contributed by atoms with Crippen molar-refractivity contribution < 1.29 is 33.8 Å². The molecule has 0 aromatic heterocycles. The van der Waals surface area contributed by atoms with Gasteiger partial charge in [0, 0.05) is 23.3 Å². The average molecular weight is 737 g/mol. The van der Waals surface area contributed by atoms with Crippen LogP contribution in [-0.2, 0) is 28.7 Å². The fourth-order valence-corrected chi connectivity index (χ4v) is 8.57. The number of hydrogen-bond donors (Lipinski definition) is 2. The van der Waals surface area contributed by atoms with Crippen LogP contribution in [0.3, 0.4) is 0 Å². The second-order valence-corrected chi connectivity index (χ2v) is 15.1. The number of carbonyl (C=O) groups is 4. The van der Waals surface area contributed by atoms with E-state index in [2.05, 4.69) is 34.4 Å². The fourth-order valence-electron chi connectivity index (χ4n) is 7.63. The van der Waals surface area contributed by atoms with Gasteiger partial charge in [-0.2, -0.15) is 0 Å². The average Bonchev–Trinajstić information content (AvgIpc) is 3.68. The number of carbonyl (C=O) groups excluding carboxylic acids is 4. The van der Waals surface area contributed by atoms with Crippen LogP contribution in [-0.4, -0.2) is 86.5 Å². The van der Waals surface area contributed by atoms with E-state index in [0.29, 0.717) is 18.4 Å². The van der Waals surface area contributed by atoms with Crippen LogP contribution in [0.25, 0.3) is 0 Å². The Hall–Kier alpha value is -3.80. The smallest absolute Gasteiger partial charge is 0.306 e. The standard InChI is InChI=1S/C38H46BrN3O7/c1-6-8-19-29(44)48-23-27(24-15-11-9-12-16-24)40-34(45)30-31-35(46)42(28(22-43)25-17-13-10-14-18-25)33(38(31)21-26(39)32(30)49-38)36(47)41(20-7-2)37(3,4)5/h6-7,9-18,26-28,30-33,43H,1-2,8,19-23H2,3-5H3,(H,40,45)/t26?,27-,28+,30-,31+,32-,33-,38+/m0/s1. The molecule has 3 saturated heterocycles. The van der Waals surface area contributed by atoms with Crippen LogP contribution in [0, 0.1) is 11.8 Å². The predicted octanol–water partition coefficient (Wildman–Crippen LogP) is 4.65. The molecule has 3 amide bonds. The lowest BCUT2D eigenvalue weighted by Crippen LogP contribution is -2.60. The maximum Gasteiger partial charge on any atom is 0.306 e. The normalized spacial score (nSPS) is 26.8. The maximum atomic E-state index is 14.9. The van der Waals surface area contributed by atoms with Crippen LogP contribution >= 0.6 is 15.9 Å². The number of allylic oxidation sites excluding steroid dienone is 1. The molecule has 0 aliphatic carbocycles. The zero-order valence-electron chi connectivity index (χ0n) is 28.3. The Kier molecular flexibility index (Phi) is 11.2. The van der Waals surface area contributed by atoms with Gasteiger partial charge < -0.3 is 29.7 Å². The van der Waals surface area contributed by atoms with Crippen molar-refractivity contribution >= 4 is 39.6 Å². The first-order chi connectivity index (χ1) is 23.4. The van der Waals surface area contributed by atoms with Gasteiger partial charge in [-0.1, -0.05) is 88.7 Å². The van der Waals surface area contributed by atoms with Gasteiger partial charge in [-0.3, -0.25) is 19.2 Å². The molecule has 1 spiro atoms. The molecule has 3 heterocycles. The van der Waals surface area contributed by atoms with Crippen molar-refractivity contribution in [2.45, 2.75) is 80.2 Å². The first-order valence-corrected chi connectivity index (χ1v) is 17.6. The van der Waals surface area contributed by atoms with Crippen LogP contribution in [0.4, 0.5) is 0 Å². The quantitative estimate of drug-likeness (QED) is 0.165. The summed E-state index contributed by atoms with van der Waals surface area (Å²) in [5, 5.41) is 13.9. The fraction of sp³-hybridized carbons (Fsp3) is 0.474. The third kappa shape index (κ3) is 6.98. The summed E-state index contributed by atoms with van der Waals surface area (Å²) in [5.41, 5.74) is -0.597. The molecule has 3 aliphatic heterocycles. The highest BCUT2D eigenvalue weighted by Crippen LogP contribution is 2.61. The zero-order chi connectivity index (χ0) is 35.5. The Morgan fingerprint density at radius 3 is 2.31 bits per heavy atom. The first kappa shape index (κ1) is 36.5. The highest BCUT2D eigenvalue weighted by atomic mass is 79.9. The molecule has 2 aromatic rings. The number of amides is 3. The Balaban J connectivity index is 1.55. The van der Waals surface area contributed by atoms with Gasteiger partial charge in [0.25, 0.3) is 0 Å². The van der Waals surface area contributed by atoms with E-state index in [0.717, 1.165) is 5.56 Å². The number of hydrogen-bond acceptors (Lipinski definition) is 7. The van der Waals surface area contributed by atoms with E-state index in [4.69, 9.17) is 9.47 Å². The van der Waals surface area contributed by atoms with Crippen LogP contribution in [0.15, 0.2) is 86.0 Å². The molecule has 11 heteroatoms. The van der Waals surface area contributed by atoms with Crippen molar-refractivity contribution in [3.05, 3.63) is 97.1 Å². The molecule has 10 nitrogen and oxygen atoms in total. The molecule has 262 valence electrons. The minimum Gasteiger partial charge on any atom is -0.463 e. The molecule has 2 N–H and O–H groups in total. The Bertz CT molecular complexity index is 1550. The summed E-state index contributed by atoms with van der Waals surface area (Å²) in [7, 11) is 0. The number of halogens is 1. The number of benzene rings is 2. The van der Waals surface area contributed by atoms with Gasteiger partial charge in [0.05, 0.1) is 36.6 Å². The number of nitrogens with one attached hydrogen (secondary N) is 1. The van der Waals surface area contributed by atoms with Crippen molar-refractivity contribution in [2.24, 2.45) is 11.8 Å². The summed E-state index contributed by atoms with van der Waals surface area (Å²) in [5.74, 6) is -3.60. The number of rotatable bonds is 14. The van der Waals surface area contributed by atoms with Crippen molar-refractivity contribution in [2.75, 3.05) is 19.8 Å². The summed E-state index contributed by atoms with van der Waals surface area (Å²) < 4.78 is 12.3. The predicted molar refractivity (Wildman–Crippen MR) is 188 cm³/mol. The van der Waals surface area contributed by atoms with Crippen molar-refractivity contribution in [3.63, 3.8) is 0 Å². The van der Waals surface area contributed by atoms with E-state index in [9.17, 15) is 24.3 Å². The van der Waals surface area contributed by atoms with Crippen molar-refractivity contribution in [1.29, 1.82) is 0 Å². The number of alkyl halides is 1. The minimum atomic E-state index is -1.35. The molecule has 0 saturated carbocycles. The maximum absolute atomic E-state index is 14.9. The van der Waals surface area contributed by atoms with Gasteiger partial charge in [0.1, 0.15) is 18.2 Å². The van der Waals surface area contributed by atoms with Gasteiger partial charge >= 0.3 is 5.97 Å². The summed E-state index contributed by atoms with van der Waals surface area (Å²) in [6.45, 7) is 12.9. The van der Waals surface area contributed by atoms with E-state index in [1.807, 2.05) is 81.4 Å². The molecular formula is C38H46BrN3O7. The zero-order valence-corrected chi connectivity index (χ0v) is 29.9. The molecule has 8 atom stereocenters. The number of aliphatic hydroxyl groups is 1. The third-order valence-electron chi connectivity index (χ3n) is 9.83. The Labute approximate surface area is 296 Å². The number of fused-ring (bicyclic) bond motifs is 1. The van der Waals surface area contributed by atoms with E-state index >= 15 is 0 Å². The molecule has 2 bridgehead atoms. The molecule has 49 heavy (non-hydrogen) atoms. The summed E-state index contributed by atoms with van der Waals surface area (Å²) in [4.78, 5) is 59.4. The highest BCUT2D eigenvalue weighted by Gasteiger charge is 2.77. The van der Waals surface area contributed by atoms with Gasteiger partial charge in [0.15, 0.2) is 0 Å². The van der Waals surface area contributed by atoms with E-state index in [-0.39, 0.29) is 30.3 Å². The summed E-state index contributed by atoms with van der Waals surface area (Å²) in [6, 6.07) is 15.6. The van der Waals surface area contributed by atoms with Gasteiger partial charge in [0.2, 0.25) is 17.7 Å². The molecule has 2 aromatic carbocycles. The summed E-state index contributed by atoms with van der Waals surface area (Å²) in [6.07, 6.45) is 3.52. The SMILES string of the molecule is C=CCCC(=O)OC[C@H](NC(=O)[C@@H]1[C@H]2O[C@@]3(CC2Br)[C@H](C(=O)N(CC=C)C(C)(C)C)N([C@H](CO)c2ccccc2)C(=O)[C@@H]13)c1ccccc1. The minimum absolute atomic E-state index is 0.110. The van der Waals surface area contributed by atoms with E-state index in [1.54, 1.807) is 17.1 Å². The number of esters is 1. The summed E-state index contributed by atoms with van der Waals surface area (Å²) >= 11 is 3.74. The van der Waals surface area contributed by atoms with Crippen LogP contribution in [0.2, 0.25) is 0 Å². The number of nitrogens with zero attached hydrogens (tertiary/aromatic N) is 2. The van der Waals surface area contributed by atoms with Gasteiger partial charge in [-0.05, 0) is 44.7 Å². The first-order valence-electron chi connectivity index (χ1n) is 16.7. The second kappa shape index (κ2) is 15.0. The molecule has 3 fully saturated rings. The van der Waals surface area contributed by atoms with Crippen LogP contribution in [0.1, 0.15) is 63.2 Å². The lowest BCUT2D eigenvalue weighted by Gasteiger charge is -2.43. The monoisotopic (exact) mass is 735 g/mol. The molecular weight excluding hydrogens is 690 g/mol. The number of aliphatic hydroxyl groups excluding tert-OH is 1. The van der Waals surface area contributed by atoms with E-state index < -0.39 is 71.6 Å². The molecule has 3 aliphatic rings. The second-order valence-electron chi connectivity index (χ2n) is 13.9. The van der Waals surface area contributed by atoms with Crippen molar-refractivity contribution in [3.8, 4) is 0 Å².